The predicted molar refractivity (Wildman–Crippen MR) is 144 cm³/mol. The summed E-state index contributed by atoms with van der Waals surface area (Å²) in [5.41, 5.74) is 4.48. The highest BCUT2D eigenvalue weighted by Gasteiger charge is 2.52. The normalized spacial score (nSPS) is 16.9. The van der Waals surface area contributed by atoms with Crippen molar-refractivity contribution in [3.8, 4) is 11.1 Å². The van der Waals surface area contributed by atoms with Gasteiger partial charge in [-0.05, 0) is 51.8 Å². The van der Waals surface area contributed by atoms with Crippen LogP contribution in [0.4, 0.5) is 0 Å². The van der Waals surface area contributed by atoms with Gasteiger partial charge in [-0.1, -0.05) is 12.1 Å². The average molecular weight is 594 g/mol. The van der Waals surface area contributed by atoms with Crippen LogP contribution in [-0.2, 0) is 9.31 Å². The lowest BCUT2D eigenvalue weighted by Crippen LogP contribution is -2.41. The molecule has 1 fully saturated rings. The van der Waals surface area contributed by atoms with E-state index in [9.17, 15) is 4.79 Å². The van der Waals surface area contributed by atoms with E-state index in [4.69, 9.17) is 19.4 Å². The zero-order chi connectivity index (χ0) is 24.8. The molecule has 1 aromatic carbocycles. The molecule has 0 radical (unpaired) electrons. The summed E-state index contributed by atoms with van der Waals surface area (Å²) in [6.45, 7) is 10.2. The van der Waals surface area contributed by atoms with Crippen molar-refractivity contribution in [1.29, 1.82) is 0 Å². The number of hydrogen-bond acceptors (Lipinski definition) is 7. The van der Waals surface area contributed by atoms with Crippen LogP contribution < -0.4 is 5.59 Å². The summed E-state index contributed by atoms with van der Waals surface area (Å²) in [7, 11) is 2.59. The largest absolute Gasteiger partial charge is 0.516 e. The molecule has 0 aliphatic carbocycles. The fourth-order valence-electron chi connectivity index (χ4n) is 3.85. The lowest BCUT2D eigenvalue weighted by molar-refractivity contribution is 0.00578. The van der Waals surface area contributed by atoms with Crippen LogP contribution in [0.1, 0.15) is 43.6 Å². The Morgan fingerprint density at radius 3 is 2.53 bits per heavy atom. The number of carbonyl (C=O) groups excluding carboxylic acids is 1. The average Bonchev–Trinajstić information content (AvgIpc) is 3.26. The van der Waals surface area contributed by atoms with Crippen LogP contribution in [0.15, 0.2) is 30.6 Å². The highest BCUT2D eigenvalue weighted by Crippen LogP contribution is 2.37. The van der Waals surface area contributed by atoms with E-state index in [1.165, 1.54) is 14.0 Å². The Labute approximate surface area is 216 Å². The highest BCUT2D eigenvalue weighted by molar-refractivity contribution is 14.2. The van der Waals surface area contributed by atoms with E-state index in [0.717, 1.165) is 27.9 Å². The standard InChI is InChI=1S/C23H28BIN4O4S/c1-14-11-15(7-8-16(14)21(31)28(6)9-10-30)17-13-29(34-25)20-19(17)27-18(12-26-20)24-32-22(2,3)23(4,5)33-24/h7-8,11-13,30H,9-10H2,1-6H3. The first-order valence-corrected chi connectivity index (χ1v) is 14.3. The van der Waals surface area contributed by atoms with Gasteiger partial charge >= 0.3 is 7.12 Å². The molecule has 3 heterocycles. The van der Waals surface area contributed by atoms with Gasteiger partial charge in [-0.15, -0.1) is 0 Å². The number of aryl methyl sites for hydroxylation is 1. The molecule has 1 aliphatic heterocycles. The molecule has 0 spiro atoms. The van der Waals surface area contributed by atoms with E-state index in [0.29, 0.717) is 11.2 Å². The predicted octanol–water partition coefficient (Wildman–Crippen LogP) is 3.62. The molecule has 0 bridgehead atoms. The smallest absolute Gasteiger partial charge is 0.398 e. The zero-order valence-electron chi connectivity index (χ0n) is 20.1. The summed E-state index contributed by atoms with van der Waals surface area (Å²) in [5, 5.41) is 9.15. The van der Waals surface area contributed by atoms with Crippen LogP contribution in [0.25, 0.3) is 22.3 Å². The van der Waals surface area contributed by atoms with Crippen LogP contribution in [0.3, 0.4) is 0 Å². The summed E-state index contributed by atoms with van der Waals surface area (Å²) in [6, 6.07) is 5.74. The third-order valence-corrected chi connectivity index (χ3v) is 8.30. The maximum atomic E-state index is 12.7. The highest BCUT2D eigenvalue weighted by atomic mass is 127. The van der Waals surface area contributed by atoms with E-state index in [-0.39, 0.29) is 19.1 Å². The van der Waals surface area contributed by atoms with Crippen LogP contribution in [0, 0.1) is 6.92 Å². The second kappa shape index (κ2) is 9.42. The molecular formula is C23H28BIN4O4S. The van der Waals surface area contributed by atoms with Crippen LogP contribution in [-0.4, -0.2) is 68.4 Å². The van der Waals surface area contributed by atoms with Gasteiger partial charge < -0.3 is 19.3 Å². The summed E-state index contributed by atoms with van der Waals surface area (Å²) < 4.78 is 14.3. The maximum absolute atomic E-state index is 12.7. The number of fused-ring (bicyclic) bond motifs is 1. The molecule has 1 amide bonds. The number of rotatable bonds is 6. The number of aliphatic hydroxyl groups excluding tert-OH is 1. The minimum Gasteiger partial charge on any atom is -0.398 e. The van der Waals surface area contributed by atoms with Gasteiger partial charge in [0, 0.05) is 67.4 Å². The molecule has 180 valence electrons. The van der Waals surface area contributed by atoms with Gasteiger partial charge in [0.15, 0.2) is 5.65 Å². The number of aliphatic hydroxyl groups is 1. The number of amides is 1. The zero-order valence-corrected chi connectivity index (χ0v) is 23.1. The molecular weight excluding hydrogens is 566 g/mol. The van der Waals surface area contributed by atoms with Gasteiger partial charge in [0.05, 0.1) is 23.4 Å². The molecule has 8 nitrogen and oxygen atoms in total. The maximum Gasteiger partial charge on any atom is 0.516 e. The molecule has 0 saturated carbocycles. The Hall–Kier alpha value is -1.67. The second-order valence-corrected chi connectivity index (χ2v) is 11.2. The van der Waals surface area contributed by atoms with Gasteiger partial charge in [-0.25, -0.2) is 4.98 Å². The van der Waals surface area contributed by atoms with Gasteiger partial charge in [-0.2, -0.15) is 0 Å². The number of hydrogen-bond donors (Lipinski definition) is 1. The van der Waals surface area contributed by atoms with E-state index in [1.54, 1.807) is 13.2 Å². The fraction of sp³-hybridized carbons (Fsp3) is 0.435. The molecule has 1 saturated heterocycles. The number of carbonyl (C=O) groups is 1. The monoisotopic (exact) mass is 594 g/mol. The molecule has 3 aromatic rings. The first kappa shape index (κ1) is 25.4. The van der Waals surface area contributed by atoms with Crippen molar-refractivity contribution in [2.24, 2.45) is 0 Å². The summed E-state index contributed by atoms with van der Waals surface area (Å²) in [6.07, 6.45) is 3.71. The molecule has 0 atom stereocenters. The quantitative estimate of drug-likeness (QED) is 0.345. The van der Waals surface area contributed by atoms with Crippen LogP contribution in [0.5, 0.6) is 0 Å². The van der Waals surface area contributed by atoms with Crippen molar-refractivity contribution < 1.29 is 19.2 Å². The summed E-state index contributed by atoms with van der Waals surface area (Å²) in [4.78, 5) is 23.8. The lowest BCUT2D eigenvalue weighted by Gasteiger charge is -2.32. The molecule has 1 N–H and O–H groups in total. The van der Waals surface area contributed by atoms with E-state index in [2.05, 4.69) is 26.2 Å². The van der Waals surface area contributed by atoms with Crippen LogP contribution in [0.2, 0.25) is 0 Å². The minimum atomic E-state index is -0.603. The Morgan fingerprint density at radius 2 is 1.94 bits per heavy atom. The Kier molecular flexibility index (Phi) is 7.04. The Bertz CT molecular complexity index is 1230. The van der Waals surface area contributed by atoms with Gasteiger partial charge in [-0.3, -0.25) is 13.8 Å². The Balaban J connectivity index is 1.75. The summed E-state index contributed by atoms with van der Waals surface area (Å²) in [5.74, 6) is -0.119. The molecule has 34 heavy (non-hydrogen) atoms. The van der Waals surface area contributed by atoms with Gasteiger partial charge in [0.2, 0.25) is 0 Å². The van der Waals surface area contributed by atoms with Crippen molar-refractivity contribution in [1.82, 2.24) is 18.8 Å². The SMILES string of the molecule is Cc1cc(-c2cn(SI)c3ncc(B4OC(C)(C)C(C)(C)O4)nc23)ccc1C(=O)N(C)CCO. The van der Waals surface area contributed by atoms with Crippen molar-refractivity contribution >= 4 is 60.1 Å². The Morgan fingerprint density at radius 1 is 1.26 bits per heavy atom. The summed E-state index contributed by atoms with van der Waals surface area (Å²) >= 11 is 2.22. The van der Waals surface area contributed by atoms with Crippen molar-refractivity contribution in [3.05, 3.63) is 41.7 Å². The fourth-order valence-corrected chi connectivity index (χ4v) is 5.09. The molecule has 4 rings (SSSR count). The minimum absolute atomic E-state index is 0.0728. The molecule has 11 heteroatoms. The number of aromatic nitrogens is 3. The molecule has 2 aromatic heterocycles. The number of nitrogens with zero attached hydrogens (tertiary/aromatic N) is 4. The molecule has 0 unspecified atom stereocenters. The lowest BCUT2D eigenvalue weighted by atomic mass is 9.85. The number of benzene rings is 1. The van der Waals surface area contributed by atoms with Gasteiger partial charge in [0.25, 0.3) is 5.91 Å². The van der Waals surface area contributed by atoms with Gasteiger partial charge in [0.1, 0.15) is 5.52 Å². The first-order valence-electron chi connectivity index (χ1n) is 11.0. The van der Waals surface area contributed by atoms with E-state index >= 15 is 0 Å². The van der Waals surface area contributed by atoms with Crippen molar-refractivity contribution in [2.75, 3.05) is 20.2 Å². The third-order valence-electron chi connectivity index (χ3n) is 6.60. The topological polar surface area (TPSA) is 89.7 Å². The second-order valence-electron chi connectivity index (χ2n) is 9.47. The third kappa shape index (κ3) is 4.48. The van der Waals surface area contributed by atoms with Crippen molar-refractivity contribution in [3.63, 3.8) is 0 Å². The van der Waals surface area contributed by atoms with E-state index in [1.807, 2.05) is 63.0 Å². The first-order chi connectivity index (χ1) is 16.0. The molecule has 1 aliphatic rings. The van der Waals surface area contributed by atoms with Crippen molar-refractivity contribution in [2.45, 2.75) is 45.8 Å². The number of halogens is 1. The number of likely N-dealkylation sites (N-methyl/N-ethyl adjacent to an activating group) is 1. The van der Waals surface area contributed by atoms with Crippen LogP contribution >= 0.6 is 30.3 Å². The van der Waals surface area contributed by atoms with E-state index < -0.39 is 18.3 Å².